The van der Waals surface area contributed by atoms with E-state index in [-0.39, 0.29) is 17.4 Å². The fraction of sp³-hybridized carbons (Fsp3) is 0.500. The highest BCUT2D eigenvalue weighted by Crippen LogP contribution is 2.36. The average molecular weight is 394 g/mol. The first-order valence-corrected chi connectivity index (χ1v) is 10.4. The third-order valence-electron chi connectivity index (χ3n) is 6.32. The highest BCUT2D eigenvalue weighted by atomic mass is 16.5. The normalized spacial score (nSPS) is 24.2. The van der Waals surface area contributed by atoms with Gasteiger partial charge in [-0.15, -0.1) is 0 Å². The van der Waals surface area contributed by atoms with E-state index in [1.807, 2.05) is 27.7 Å². The van der Waals surface area contributed by atoms with E-state index in [1.165, 1.54) is 0 Å². The van der Waals surface area contributed by atoms with Crippen LogP contribution in [0, 0.1) is 5.92 Å². The van der Waals surface area contributed by atoms with Gasteiger partial charge in [-0.25, -0.2) is 0 Å². The first-order valence-electron chi connectivity index (χ1n) is 10.4. The van der Waals surface area contributed by atoms with Crippen molar-refractivity contribution in [2.24, 2.45) is 5.92 Å². The van der Waals surface area contributed by atoms with Gasteiger partial charge in [0.1, 0.15) is 0 Å². The second-order valence-corrected chi connectivity index (χ2v) is 8.32. The van der Waals surface area contributed by atoms with Gasteiger partial charge < -0.3 is 14.2 Å². The van der Waals surface area contributed by atoms with Crippen LogP contribution in [-0.2, 0) is 16.1 Å². The highest BCUT2D eigenvalue weighted by Gasteiger charge is 2.36. The number of hydrogen-bond donors (Lipinski definition) is 0. The maximum absolute atomic E-state index is 12.8. The number of piperidine rings is 1. The average Bonchev–Trinajstić information content (AvgIpc) is 2.75. The van der Waals surface area contributed by atoms with E-state index >= 15 is 0 Å². The molecule has 0 aliphatic carbocycles. The largest absolute Gasteiger partial charge is 0.378 e. The molecule has 0 aromatic carbocycles. The summed E-state index contributed by atoms with van der Waals surface area (Å²) in [6.07, 6.45) is 2.83. The molecule has 7 heteroatoms. The third kappa shape index (κ3) is 3.72. The van der Waals surface area contributed by atoms with Crippen molar-refractivity contribution < 1.29 is 9.53 Å². The Balaban J connectivity index is 1.37. The number of morpholine rings is 1. The molecule has 1 amide bonds. The van der Waals surface area contributed by atoms with Crippen molar-refractivity contribution >= 4 is 5.91 Å². The Bertz CT molecular complexity index is 952. The van der Waals surface area contributed by atoms with E-state index < -0.39 is 0 Å². The van der Waals surface area contributed by atoms with Gasteiger partial charge in [-0.2, -0.15) is 0 Å². The molecular weight excluding hydrogens is 368 g/mol. The summed E-state index contributed by atoms with van der Waals surface area (Å²) in [4.78, 5) is 34.1. The second kappa shape index (κ2) is 7.72. The quantitative estimate of drug-likeness (QED) is 0.782. The van der Waals surface area contributed by atoms with E-state index in [9.17, 15) is 9.59 Å². The van der Waals surface area contributed by atoms with E-state index in [1.54, 1.807) is 12.3 Å². The van der Waals surface area contributed by atoms with Crippen LogP contribution >= 0.6 is 0 Å². The zero-order valence-corrected chi connectivity index (χ0v) is 16.5. The molecule has 2 atom stereocenters. The van der Waals surface area contributed by atoms with Gasteiger partial charge in [-0.1, -0.05) is 6.07 Å². The Morgan fingerprint density at radius 2 is 2.00 bits per heavy atom. The van der Waals surface area contributed by atoms with Crippen molar-refractivity contribution in [3.05, 3.63) is 52.6 Å². The summed E-state index contributed by atoms with van der Waals surface area (Å²) in [5.41, 5.74) is 2.83. The van der Waals surface area contributed by atoms with Crippen molar-refractivity contribution in [3.8, 4) is 11.3 Å². The minimum absolute atomic E-state index is 0.0516. The molecule has 3 aliphatic rings. The number of fused-ring (bicyclic) bond motifs is 4. The van der Waals surface area contributed by atoms with E-state index in [2.05, 4.69) is 16.0 Å². The number of pyridine rings is 2. The summed E-state index contributed by atoms with van der Waals surface area (Å²) in [5, 5.41) is 0. The molecular formula is C22H26N4O3. The number of aromatic nitrogens is 2. The molecule has 7 nitrogen and oxygen atoms in total. The lowest BCUT2D eigenvalue weighted by Crippen LogP contribution is -2.51. The maximum atomic E-state index is 12.8. The van der Waals surface area contributed by atoms with Crippen molar-refractivity contribution in [1.29, 1.82) is 0 Å². The highest BCUT2D eigenvalue weighted by molar-refractivity contribution is 5.78. The molecule has 2 fully saturated rings. The lowest BCUT2D eigenvalue weighted by Gasteiger charge is -2.43. The predicted molar refractivity (Wildman–Crippen MR) is 109 cm³/mol. The predicted octanol–water partition coefficient (Wildman–Crippen LogP) is 1.19. The standard InChI is InChI=1S/C22H26N4O3/c27-21-11-17(19-3-1-2-4-23-19)10-20-18-9-16(13-26(20)21)12-24(14-18)15-22(28)25-5-7-29-8-6-25/h1-4,10-11,16,18H,5-9,12-15H2/t16-,18+/m0/s1. The number of nitrogens with zero attached hydrogens (tertiary/aromatic N) is 4. The van der Waals surface area contributed by atoms with Gasteiger partial charge in [0.05, 0.1) is 25.5 Å². The summed E-state index contributed by atoms with van der Waals surface area (Å²) in [5.74, 6) is 0.876. The molecule has 2 saturated heterocycles. The van der Waals surface area contributed by atoms with Crippen molar-refractivity contribution in [3.63, 3.8) is 0 Å². The fourth-order valence-electron chi connectivity index (χ4n) is 4.97. The van der Waals surface area contributed by atoms with Crippen LogP contribution in [0.25, 0.3) is 11.3 Å². The van der Waals surface area contributed by atoms with Crippen LogP contribution in [0.4, 0.5) is 0 Å². The minimum atomic E-state index is 0.0516. The van der Waals surface area contributed by atoms with Gasteiger partial charge in [-0.3, -0.25) is 19.5 Å². The number of carbonyl (C=O) groups excluding carboxylic acids is 1. The molecule has 0 N–H and O–H groups in total. The molecule has 152 valence electrons. The third-order valence-corrected chi connectivity index (χ3v) is 6.32. The lowest BCUT2D eigenvalue weighted by atomic mass is 9.82. The number of likely N-dealkylation sites (tertiary alicyclic amines) is 1. The maximum Gasteiger partial charge on any atom is 0.251 e. The lowest BCUT2D eigenvalue weighted by molar-refractivity contribution is -0.137. The van der Waals surface area contributed by atoms with Crippen LogP contribution in [-0.4, -0.2) is 71.2 Å². The number of ether oxygens (including phenoxy) is 1. The molecule has 5 heterocycles. The van der Waals surface area contributed by atoms with Crippen molar-refractivity contribution in [1.82, 2.24) is 19.4 Å². The first kappa shape index (κ1) is 18.5. The summed E-state index contributed by atoms with van der Waals surface area (Å²) in [7, 11) is 0. The van der Waals surface area contributed by atoms with Gasteiger partial charge in [0.2, 0.25) is 5.91 Å². The molecule has 0 unspecified atom stereocenters. The Morgan fingerprint density at radius 1 is 1.14 bits per heavy atom. The fourth-order valence-corrected chi connectivity index (χ4v) is 4.97. The van der Waals surface area contributed by atoms with E-state index in [0.717, 1.165) is 43.0 Å². The summed E-state index contributed by atoms with van der Waals surface area (Å²) < 4.78 is 7.29. The molecule has 29 heavy (non-hydrogen) atoms. The number of hydrogen-bond acceptors (Lipinski definition) is 5. The molecule has 2 aromatic heterocycles. The van der Waals surface area contributed by atoms with Crippen LogP contribution < -0.4 is 5.56 Å². The van der Waals surface area contributed by atoms with Gasteiger partial charge in [0.15, 0.2) is 0 Å². The van der Waals surface area contributed by atoms with Crippen LogP contribution in [0.3, 0.4) is 0 Å². The SMILES string of the molecule is O=C(CN1C[C@@H]2C[C@H](C1)c1cc(-c3ccccn3)cc(=O)n1C2)N1CCOCC1. The van der Waals surface area contributed by atoms with E-state index in [4.69, 9.17) is 4.74 Å². The molecule has 2 aromatic rings. The Morgan fingerprint density at radius 3 is 2.79 bits per heavy atom. The zero-order valence-electron chi connectivity index (χ0n) is 16.5. The van der Waals surface area contributed by atoms with Crippen LogP contribution in [0.1, 0.15) is 18.0 Å². The monoisotopic (exact) mass is 394 g/mol. The van der Waals surface area contributed by atoms with Gasteiger partial charge >= 0.3 is 0 Å². The number of rotatable bonds is 3. The molecule has 0 spiro atoms. The molecule has 0 saturated carbocycles. The van der Waals surface area contributed by atoms with Crippen molar-refractivity contribution in [2.75, 3.05) is 45.9 Å². The zero-order chi connectivity index (χ0) is 19.8. The van der Waals surface area contributed by atoms with E-state index in [0.29, 0.717) is 38.8 Å². The molecule has 0 radical (unpaired) electrons. The second-order valence-electron chi connectivity index (χ2n) is 8.32. The van der Waals surface area contributed by atoms with Gasteiger partial charge in [0.25, 0.3) is 5.56 Å². The number of amides is 1. The van der Waals surface area contributed by atoms with Crippen LogP contribution in [0.2, 0.25) is 0 Å². The molecule has 3 aliphatic heterocycles. The van der Waals surface area contributed by atoms with Crippen LogP contribution in [0.15, 0.2) is 41.3 Å². The Hall–Kier alpha value is -2.51. The van der Waals surface area contributed by atoms with Gasteiger partial charge in [0, 0.05) is 62.2 Å². The Kier molecular flexibility index (Phi) is 4.93. The van der Waals surface area contributed by atoms with Gasteiger partial charge in [-0.05, 0) is 30.5 Å². The minimum Gasteiger partial charge on any atom is -0.378 e. The van der Waals surface area contributed by atoms with Crippen LogP contribution in [0.5, 0.6) is 0 Å². The summed E-state index contributed by atoms with van der Waals surface area (Å²) in [6.45, 7) is 5.51. The first-order chi connectivity index (χ1) is 14.2. The summed E-state index contributed by atoms with van der Waals surface area (Å²) in [6, 6.07) is 9.58. The molecule has 2 bridgehead atoms. The topological polar surface area (TPSA) is 67.7 Å². The number of carbonyl (C=O) groups is 1. The van der Waals surface area contributed by atoms with Crippen molar-refractivity contribution in [2.45, 2.75) is 18.9 Å². The smallest absolute Gasteiger partial charge is 0.251 e. The summed E-state index contributed by atoms with van der Waals surface area (Å²) >= 11 is 0. The molecule has 5 rings (SSSR count). The Labute approximate surface area is 169 Å².